The van der Waals surface area contributed by atoms with Crippen molar-refractivity contribution in [2.75, 3.05) is 6.54 Å². The molecule has 0 unspecified atom stereocenters. The Labute approximate surface area is 69.4 Å². The molecule has 0 aromatic heterocycles. The predicted molar refractivity (Wildman–Crippen MR) is 48.6 cm³/mol. The average Bonchev–Trinajstić information content (AvgIpc) is 1.97. The largest absolute Gasteiger partial charge is 0.327 e. The standard InChI is InChI=1S/C7H11BrN2/c8-7(3-1-5-9)4-2-6-10/h1,3-4,6,10H,2,5,9H2/b3-1+,7-4+,10-6?. The normalized spacial score (nSPS) is 12.4. The van der Waals surface area contributed by atoms with Crippen molar-refractivity contribution in [1.29, 1.82) is 5.41 Å². The van der Waals surface area contributed by atoms with Gasteiger partial charge < -0.3 is 11.1 Å². The van der Waals surface area contributed by atoms with Gasteiger partial charge in [-0.25, -0.2) is 0 Å². The molecule has 0 radical (unpaired) electrons. The van der Waals surface area contributed by atoms with E-state index in [0.29, 0.717) is 13.0 Å². The lowest BCUT2D eigenvalue weighted by Crippen LogP contribution is -1.91. The first kappa shape index (κ1) is 9.59. The SMILES string of the molecule is N=CC/C=C(Br)\C=C\CN. The topological polar surface area (TPSA) is 49.9 Å². The number of halogens is 1. The molecule has 3 N–H and O–H groups in total. The Morgan fingerprint density at radius 2 is 2.30 bits per heavy atom. The highest BCUT2D eigenvalue weighted by atomic mass is 79.9. The van der Waals surface area contributed by atoms with E-state index < -0.39 is 0 Å². The van der Waals surface area contributed by atoms with Crippen LogP contribution in [0.4, 0.5) is 0 Å². The summed E-state index contributed by atoms with van der Waals surface area (Å²) >= 11 is 3.30. The van der Waals surface area contributed by atoms with Gasteiger partial charge in [0, 0.05) is 17.4 Å². The zero-order chi connectivity index (χ0) is 7.82. The lowest BCUT2D eigenvalue weighted by molar-refractivity contribution is 1.25. The minimum atomic E-state index is 0.549. The van der Waals surface area contributed by atoms with Gasteiger partial charge in [-0.1, -0.05) is 34.2 Å². The van der Waals surface area contributed by atoms with Crippen molar-refractivity contribution < 1.29 is 0 Å². The summed E-state index contributed by atoms with van der Waals surface area (Å²) < 4.78 is 0.974. The van der Waals surface area contributed by atoms with Gasteiger partial charge in [-0.15, -0.1) is 0 Å². The van der Waals surface area contributed by atoms with Crippen LogP contribution in [-0.2, 0) is 0 Å². The molecule has 0 saturated heterocycles. The van der Waals surface area contributed by atoms with Gasteiger partial charge in [-0.3, -0.25) is 0 Å². The first-order valence-electron chi connectivity index (χ1n) is 3.02. The van der Waals surface area contributed by atoms with E-state index >= 15 is 0 Å². The maximum Gasteiger partial charge on any atom is 0.0136 e. The smallest absolute Gasteiger partial charge is 0.0136 e. The van der Waals surface area contributed by atoms with Crippen LogP contribution in [-0.4, -0.2) is 12.8 Å². The Morgan fingerprint density at radius 1 is 1.60 bits per heavy atom. The van der Waals surface area contributed by atoms with E-state index in [4.69, 9.17) is 11.1 Å². The van der Waals surface area contributed by atoms with Gasteiger partial charge in [-0.05, 0) is 6.21 Å². The highest BCUT2D eigenvalue weighted by Gasteiger charge is 1.79. The maximum atomic E-state index is 6.73. The summed E-state index contributed by atoms with van der Waals surface area (Å²) in [6.07, 6.45) is 7.64. The molecule has 0 aliphatic heterocycles. The van der Waals surface area contributed by atoms with Crippen molar-refractivity contribution >= 4 is 22.1 Å². The van der Waals surface area contributed by atoms with Crippen LogP contribution in [0.3, 0.4) is 0 Å². The molecule has 0 amide bonds. The van der Waals surface area contributed by atoms with E-state index in [-0.39, 0.29) is 0 Å². The third-order valence-corrected chi connectivity index (χ3v) is 1.43. The molecule has 2 nitrogen and oxygen atoms in total. The minimum Gasteiger partial charge on any atom is -0.327 e. The van der Waals surface area contributed by atoms with Crippen molar-refractivity contribution in [2.24, 2.45) is 5.73 Å². The summed E-state index contributed by atoms with van der Waals surface area (Å²) in [5.41, 5.74) is 5.23. The second-order valence-electron chi connectivity index (χ2n) is 1.67. The molecule has 0 atom stereocenters. The molecule has 0 rings (SSSR count). The molecule has 0 saturated carbocycles. The molecule has 0 aliphatic carbocycles. The van der Waals surface area contributed by atoms with Gasteiger partial charge in [0.1, 0.15) is 0 Å². The summed E-state index contributed by atoms with van der Waals surface area (Å²) in [6, 6.07) is 0. The maximum absolute atomic E-state index is 6.73. The van der Waals surface area contributed by atoms with Gasteiger partial charge in [-0.2, -0.15) is 0 Å². The summed E-state index contributed by atoms with van der Waals surface area (Å²) in [5.74, 6) is 0. The minimum absolute atomic E-state index is 0.549. The third kappa shape index (κ3) is 5.72. The molecule has 0 aromatic carbocycles. The van der Waals surface area contributed by atoms with Gasteiger partial charge in [0.05, 0.1) is 0 Å². The van der Waals surface area contributed by atoms with E-state index in [9.17, 15) is 0 Å². The zero-order valence-electron chi connectivity index (χ0n) is 5.68. The molecule has 56 valence electrons. The second kappa shape index (κ2) is 6.71. The Balaban J connectivity index is 3.69. The third-order valence-electron chi connectivity index (χ3n) is 0.844. The molecular formula is C7H11BrN2. The number of nitrogens with one attached hydrogen (secondary N) is 1. The van der Waals surface area contributed by atoms with Crippen LogP contribution in [0.5, 0.6) is 0 Å². The predicted octanol–water partition coefficient (Wildman–Crippen LogP) is 1.82. The van der Waals surface area contributed by atoms with Crippen LogP contribution >= 0.6 is 15.9 Å². The second-order valence-corrected chi connectivity index (χ2v) is 2.58. The fraction of sp³-hybridized carbons (Fsp3) is 0.286. The fourth-order valence-electron chi connectivity index (χ4n) is 0.420. The van der Waals surface area contributed by atoms with Crippen LogP contribution in [0.15, 0.2) is 22.7 Å². The van der Waals surface area contributed by atoms with Gasteiger partial charge in [0.25, 0.3) is 0 Å². The van der Waals surface area contributed by atoms with Gasteiger partial charge >= 0.3 is 0 Å². The lowest BCUT2D eigenvalue weighted by Gasteiger charge is -1.85. The number of hydrogen-bond donors (Lipinski definition) is 2. The summed E-state index contributed by atoms with van der Waals surface area (Å²) in [5, 5.41) is 6.73. The van der Waals surface area contributed by atoms with E-state index in [1.54, 1.807) is 0 Å². The monoisotopic (exact) mass is 202 g/mol. The zero-order valence-corrected chi connectivity index (χ0v) is 7.26. The molecule has 0 aliphatic rings. The van der Waals surface area contributed by atoms with Gasteiger partial charge in [0.2, 0.25) is 0 Å². The van der Waals surface area contributed by atoms with E-state index in [0.717, 1.165) is 4.48 Å². The van der Waals surface area contributed by atoms with Crippen LogP contribution in [0.2, 0.25) is 0 Å². The number of nitrogens with two attached hydrogens (primary N) is 1. The molecule has 10 heavy (non-hydrogen) atoms. The van der Waals surface area contributed by atoms with Crippen LogP contribution in [0.25, 0.3) is 0 Å². The summed E-state index contributed by atoms with van der Waals surface area (Å²) in [7, 11) is 0. The molecular weight excluding hydrogens is 192 g/mol. The molecule has 0 bridgehead atoms. The van der Waals surface area contributed by atoms with Crippen LogP contribution in [0.1, 0.15) is 6.42 Å². The number of rotatable bonds is 4. The van der Waals surface area contributed by atoms with Crippen LogP contribution in [0, 0.1) is 5.41 Å². The van der Waals surface area contributed by atoms with Crippen molar-refractivity contribution in [2.45, 2.75) is 6.42 Å². The summed E-state index contributed by atoms with van der Waals surface area (Å²) in [6.45, 7) is 0.549. The Morgan fingerprint density at radius 3 is 2.80 bits per heavy atom. The van der Waals surface area contributed by atoms with Crippen molar-refractivity contribution in [3.8, 4) is 0 Å². The van der Waals surface area contributed by atoms with Crippen molar-refractivity contribution in [3.63, 3.8) is 0 Å². The highest BCUT2D eigenvalue weighted by molar-refractivity contribution is 9.11. The van der Waals surface area contributed by atoms with E-state index in [1.165, 1.54) is 6.21 Å². The molecule has 0 aromatic rings. The first-order valence-corrected chi connectivity index (χ1v) is 3.81. The fourth-order valence-corrected chi connectivity index (χ4v) is 0.794. The average molecular weight is 203 g/mol. The van der Waals surface area contributed by atoms with Crippen LogP contribution < -0.4 is 5.73 Å². The first-order chi connectivity index (χ1) is 4.81. The van der Waals surface area contributed by atoms with Crippen molar-refractivity contribution in [3.05, 3.63) is 22.7 Å². The van der Waals surface area contributed by atoms with Crippen molar-refractivity contribution in [1.82, 2.24) is 0 Å². The summed E-state index contributed by atoms with van der Waals surface area (Å²) in [4.78, 5) is 0. The Hall–Kier alpha value is -0.410. The molecule has 0 heterocycles. The Bertz CT molecular complexity index is 150. The Kier molecular flexibility index (Phi) is 6.43. The quantitative estimate of drug-likeness (QED) is 0.531. The van der Waals surface area contributed by atoms with E-state index in [1.807, 2.05) is 18.2 Å². The van der Waals surface area contributed by atoms with E-state index in [2.05, 4.69) is 15.9 Å². The molecule has 3 heteroatoms. The molecule has 0 fully saturated rings. The van der Waals surface area contributed by atoms with Gasteiger partial charge in [0.15, 0.2) is 0 Å². The molecule has 0 spiro atoms. The lowest BCUT2D eigenvalue weighted by atomic mass is 10.4. The highest BCUT2D eigenvalue weighted by Crippen LogP contribution is 2.06. The number of hydrogen-bond acceptors (Lipinski definition) is 2. The number of allylic oxidation sites excluding steroid dienone is 3.